The maximum absolute atomic E-state index is 5.52. The van der Waals surface area contributed by atoms with Gasteiger partial charge in [0.15, 0.2) is 0 Å². The van der Waals surface area contributed by atoms with Gasteiger partial charge in [-0.25, -0.2) is 0 Å². The molecule has 4 heteroatoms. The van der Waals surface area contributed by atoms with Gasteiger partial charge < -0.3 is 14.0 Å². The molecule has 96 valence electrons. The molecule has 0 fully saturated rings. The van der Waals surface area contributed by atoms with E-state index in [1.807, 2.05) is 6.92 Å². The van der Waals surface area contributed by atoms with Gasteiger partial charge in [0.1, 0.15) is 0 Å². The summed E-state index contributed by atoms with van der Waals surface area (Å²) in [6.07, 6.45) is 6.99. The van der Waals surface area contributed by atoms with E-state index in [1.54, 1.807) is 0 Å². The van der Waals surface area contributed by atoms with Crippen LogP contribution in [-0.2, 0) is 14.0 Å². The molecule has 0 aromatic carbocycles. The topological polar surface area (TPSA) is 27.7 Å². The van der Waals surface area contributed by atoms with E-state index in [0.29, 0.717) is 6.61 Å². The van der Waals surface area contributed by atoms with Gasteiger partial charge in [-0.15, -0.1) is 0 Å². The van der Waals surface area contributed by atoms with E-state index in [0.717, 1.165) is 26.1 Å². The Labute approximate surface area is 101 Å². The fraction of sp³-hybridized carbons (Fsp3) is 1.00. The zero-order valence-electron chi connectivity index (χ0n) is 11.2. The third-order valence-electron chi connectivity index (χ3n) is 2.31. The summed E-state index contributed by atoms with van der Waals surface area (Å²) in [7, 11) is -0.460. The van der Waals surface area contributed by atoms with Crippen LogP contribution in [0.25, 0.3) is 0 Å². The predicted molar refractivity (Wildman–Crippen MR) is 68.3 cm³/mol. The highest BCUT2D eigenvalue weighted by atomic mass is 16.7. The smallest absolute Gasteiger partial charge is 0.386 e. The first-order chi connectivity index (χ1) is 7.85. The van der Waals surface area contributed by atoms with Crippen LogP contribution in [0.3, 0.4) is 0 Å². The van der Waals surface area contributed by atoms with Gasteiger partial charge >= 0.3 is 7.32 Å². The molecule has 0 heterocycles. The van der Waals surface area contributed by atoms with Gasteiger partial charge in [-0.2, -0.15) is 0 Å². The maximum atomic E-state index is 5.52. The summed E-state index contributed by atoms with van der Waals surface area (Å²) in [6.45, 7) is 8.41. The summed E-state index contributed by atoms with van der Waals surface area (Å²) in [6, 6.07) is 0. The Morgan fingerprint density at radius 3 is 1.56 bits per heavy atom. The number of hydrogen-bond donors (Lipinski definition) is 0. The molecule has 0 aromatic rings. The fourth-order valence-electron chi connectivity index (χ4n) is 1.34. The van der Waals surface area contributed by atoms with Crippen LogP contribution in [0.2, 0.25) is 0 Å². The Balaban J connectivity index is 3.45. The van der Waals surface area contributed by atoms with Crippen molar-refractivity contribution < 1.29 is 14.0 Å². The van der Waals surface area contributed by atoms with Crippen LogP contribution in [0, 0.1) is 0 Å². The third kappa shape index (κ3) is 10.5. The van der Waals surface area contributed by atoms with Crippen LogP contribution in [0.1, 0.15) is 59.3 Å². The first-order valence-corrected chi connectivity index (χ1v) is 6.69. The van der Waals surface area contributed by atoms with E-state index in [-0.39, 0.29) is 0 Å². The average Bonchev–Trinajstić information content (AvgIpc) is 2.30. The second-order valence-electron chi connectivity index (χ2n) is 3.90. The molecule has 0 radical (unpaired) electrons. The van der Waals surface area contributed by atoms with Crippen molar-refractivity contribution in [2.45, 2.75) is 59.3 Å². The molecule has 0 amide bonds. The van der Waals surface area contributed by atoms with Crippen molar-refractivity contribution in [3.8, 4) is 0 Å². The molecule has 16 heavy (non-hydrogen) atoms. The molecule has 0 unspecified atom stereocenters. The Morgan fingerprint density at radius 1 is 0.688 bits per heavy atom. The highest BCUT2D eigenvalue weighted by Crippen LogP contribution is 2.01. The Bertz CT molecular complexity index is 121. The Morgan fingerprint density at radius 2 is 1.19 bits per heavy atom. The lowest BCUT2D eigenvalue weighted by Crippen LogP contribution is -2.28. The van der Waals surface area contributed by atoms with Crippen LogP contribution in [0.15, 0.2) is 0 Å². The van der Waals surface area contributed by atoms with Gasteiger partial charge in [0, 0.05) is 19.8 Å². The monoisotopic (exact) mass is 230 g/mol. The molecule has 0 saturated heterocycles. The minimum atomic E-state index is -0.460. The highest BCUT2D eigenvalue weighted by molar-refractivity contribution is 6.36. The first-order valence-electron chi connectivity index (χ1n) is 6.69. The molecule has 0 atom stereocenters. The van der Waals surface area contributed by atoms with E-state index in [1.165, 1.54) is 25.7 Å². The second kappa shape index (κ2) is 13.0. The molecule has 0 aliphatic heterocycles. The van der Waals surface area contributed by atoms with Crippen LogP contribution in [0.4, 0.5) is 0 Å². The van der Waals surface area contributed by atoms with Gasteiger partial charge in [0.2, 0.25) is 0 Å². The van der Waals surface area contributed by atoms with Gasteiger partial charge in [0.05, 0.1) is 0 Å². The molecule has 0 saturated carbocycles. The van der Waals surface area contributed by atoms with Crippen LogP contribution >= 0.6 is 0 Å². The quantitative estimate of drug-likeness (QED) is 0.379. The lowest BCUT2D eigenvalue weighted by Gasteiger charge is -2.13. The molecule has 0 spiro atoms. The number of hydrogen-bond acceptors (Lipinski definition) is 3. The molecule has 0 aliphatic carbocycles. The summed E-state index contributed by atoms with van der Waals surface area (Å²) < 4.78 is 16.4. The second-order valence-corrected chi connectivity index (χ2v) is 3.90. The molecule has 0 N–H and O–H groups in total. The van der Waals surface area contributed by atoms with E-state index >= 15 is 0 Å². The zero-order valence-corrected chi connectivity index (χ0v) is 11.2. The zero-order chi connectivity index (χ0) is 12.1. The fourth-order valence-corrected chi connectivity index (χ4v) is 1.34. The lowest BCUT2D eigenvalue weighted by molar-refractivity contribution is 0.0945. The van der Waals surface area contributed by atoms with Crippen LogP contribution in [-0.4, -0.2) is 27.1 Å². The van der Waals surface area contributed by atoms with Gasteiger partial charge in [0.25, 0.3) is 0 Å². The third-order valence-corrected chi connectivity index (χ3v) is 2.31. The summed E-state index contributed by atoms with van der Waals surface area (Å²) in [5.74, 6) is 0. The molecule has 0 aliphatic rings. The summed E-state index contributed by atoms with van der Waals surface area (Å²) in [5, 5.41) is 0. The minimum Gasteiger partial charge on any atom is -0.386 e. The van der Waals surface area contributed by atoms with Crippen molar-refractivity contribution in [1.29, 1.82) is 0 Å². The summed E-state index contributed by atoms with van der Waals surface area (Å²) in [4.78, 5) is 0. The predicted octanol–water partition coefficient (Wildman–Crippen LogP) is 3.42. The highest BCUT2D eigenvalue weighted by Gasteiger charge is 2.19. The molecule has 0 rings (SSSR count). The lowest BCUT2D eigenvalue weighted by atomic mass is 10.2. The van der Waals surface area contributed by atoms with E-state index in [2.05, 4.69) is 13.8 Å². The molecule has 0 bridgehead atoms. The maximum Gasteiger partial charge on any atom is 0.639 e. The molecule has 3 nitrogen and oxygen atoms in total. The Kier molecular flexibility index (Phi) is 13.0. The van der Waals surface area contributed by atoms with Gasteiger partial charge in [-0.05, 0) is 19.8 Å². The average molecular weight is 230 g/mol. The van der Waals surface area contributed by atoms with Crippen molar-refractivity contribution in [2.75, 3.05) is 19.8 Å². The van der Waals surface area contributed by atoms with E-state index in [4.69, 9.17) is 14.0 Å². The number of unbranched alkanes of at least 4 members (excludes halogenated alkanes) is 4. The first kappa shape index (κ1) is 15.9. The van der Waals surface area contributed by atoms with Crippen molar-refractivity contribution in [2.24, 2.45) is 0 Å². The largest absolute Gasteiger partial charge is 0.639 e. The minimum absolute atomic E-state index is 0.460. The van der Waals surface area contributed by atoms with Gasteiger partial charge in [-0.1, -0.05) is 39.5 Å². The molecular weight excluding hydrogens is 203 g/mol. The van der Waals surface area contributed by atoms with E-state index < -0.39 is 7.32 Å². The summed E-state index contributed by atoms with van der Waals surface area (Å²) >= 11 is 0. The van der Waals surface area contributed by atoms with Crippen molar-refractivity contribution in [3.05, 3.63) is 0 Å². The molecule has 0 aromatic heterocycles. The number of rotatable bonds is 12. The SMILES string of the molecule is CCCCCOB(OCC)OCCCCC. The van der Waals surface area contributed by atoms with Gasteiger partial charge in [-0.3, -0.25) is 0 Å². The van der Waals surface area contributed by atoms with E-state index in [9.17, 15) is 0 Å². The molecular formula is C12H27BO3. The normalized spacial score (nSPS) is 10.7. The van der Waals surface area contributed by atoms with Crippen LogP contribution < -0.4 is 0 Å². The van der Waals surface area contributed by atoms with Crippen LogP contribution in [0.5, 0.6) is 0 Å². The van der Waals surface area contributed by atoms with Crippen molar-refractivity contribution >= 4 is 7.32 Å². The Hall–Kier alpha value is -0.0551. The summed E-state index contributed by atoms with van der Waals surface area (Å²) in [5.41, 5.74) is 0. The van der Waals surface area contributed by atoms with Crippen molar-refractivity contribution in [3.63, 3.8) is 0 Å². The van der Waals surface area contributed by atoms with Crippen molar-refractivity contribution in [1.82, 2.24) is 0 Å². The standard InChI is InChI=1S/C12H27BO3/c1-4-7-9-11-15-13(14-6-3)16-12-10-8-5-2/h4-12H2,1-3H3.